The van der Waals surface area contributed by atoms with Crippen molar-refractivity contribution < 1.29 is 4.92 Å². The molecule has 1 rings (SSSR count). The van der Waals surface area contributed by atoms with Crippen LogP contribution < -0.4 is 0 Å². The maximum Gasteiger partial charge on any atom is 0.274 e. The van der Waals surface area contributed by atoms with Crippen molar-refractivity contribution in [3.63, 3.8) is 0 Å². The molecule has 0 saturated carbocycles. The minimum Gasteiger partial charge on any atom is -0.258 e. The van der Waals surface area contributed by atoms with E-state index in [-0.39, 0.29) is 10.6 Å². The molecule has 0 unspecified atom stereocenters. The minimum absolute atomic E-state index is 0.184. The molecule has 0 N–H and O–H groups in total. The lowest BCUT2D eigenvalue weighted by Crippen LogP contribution is -1.93. The van der Waals surface area contributed by atoms with Gasteiger partial charge in [0.05, 0.1) is 4.92 Å². The zero-order chi connectivity index (χ0) is 9.84. The van der Waals surface area contributed by atoms with Gasteiger partial charge in [0.1, 0.15) is 0 Å². The van der Waals surface area contributed by atoms with Crippen LogP contribution in [0.2, 0.25) is 0 Å². The van der Waals surface area contributed by atoms with E-state index in [1.807, 2.05) is 12.3 Å². The summed E-state index contributed by atoms with van der Waals surface area (Å²) in [6.07, 6.45) is 1.92. The van der Waals surface area contributed by atoms with Crippen LogP contribution in [0.4, 0.5) is 5.69 Å². The molecule has 1 aromatic carbocycles. The largest absolute Gasteiger partial charge is 0.274 e. The van der Waals surface area contributed by atoms with E-state index < -0.39 is 0 Å². The summed E-state index contributed by atoms with van der Waals surface area (Å²) >= 11 is 4.78. The number of nitro groups is 1. The molecule has 0 radical (unpaired) electrons. The number of rotatable bonds is 3. The highest BCUT2D eigenvalue weighted by atomic mass is 79.9. The van der Waals surface area contributed by atoms with Gasteiger partial charge in [-0.3, -0.25) is 10.1 Å². The van der Waals surface area contributed by atoms with Crippen molar-refractivity contribution in [2.45, 2.75) is 5.75 Å². The van der Waals surface area contributed by atoms with Gasteiger partial charge in [-0.15, -0.1) is 0 Å². The average molecular weight is 262 g/mol. The van der Waals surface area contributed by atoms with Gasteiger partial charge in [-0.25, -0.2) is 0 Å². The molecular formula is C8H8BrNO2S. The molecule has 0 saturated heterocycles. The molecule has 0 heterocycles. The van der Waals surface area contributed by atoms with E-state index in [9.17, 15) is 10.1 Å². The number of nitrogens with zero attached hydrogens (tertiary/aromatic N) is 1. The maximum atomic E-state index is 10.6. The lowest BCUT2D eigenvalue weighted by Gasteiger charge is -2.00. The van der Waals surface area contributed by atoms with E-state index in [4.69, 9.17) is 0 Å². The molecule has 1 aromatic rings. The molecule has 0 fully saturated rings. The first-order valence-corrected chi connectivity index (χ1v) is 5.75. The Balaban J connectivity index is 3.10. The highest BCUT2D eigenvalue weighted by Gasteiger charge is 2.12. The van der Waals surface area contributed by atoms with Gasteiger partial charge in [0, 0.05) is 21.9 Å². The second kappa shape index (κ2) is 4.62. The monoisotopic (exact) mass is 261 g/mol. The summed E-state index contributed by atoms with van der Waals surface area (Å²) in [7, 11) is 0. The molecule has 0 amide bonds. The van der Waals surface area contributed by atoms with Crippen LogP contribution in [0.25, 0.3) is 0 Å². The van der Waals surface area contributed by atoms with Crippen molar-refractivity contribution in [1.82, 2.24) is 0 Å². The van der Waals surface area contributed by atoms with Crippen LogP contribution in [0.1, 0.15) is 5.56 Å². The molecule has 13 heavy (non-hydrogen) atoms. The number of thioether (sulfide) groups is 1. The van der Waals surface area contributed by atoms with E-state index in [1.54, 1.807) is 17.8 Å². The highest BCUT2D eigenvalue weighted by molar-refractivity contribution is 9.10. The van der Waals surface area contributed by atoms with Gasteiger partial charge in [0.25, 0.3) is 5.69 Å². The van der Waals surface area contributed by atoms with Gasteiger partial charge in [-0.2, -0.15) is 11.8 Å². The Kier molecular flexibility index (Phi) is 3.74. The van der Waals surface area contributed by atoms with Crippen molar-refractivity contribution in [2.24, 2.45) is 0 Å². The third kappa shape index (κ3) is 2.70. The first-order valence-electron chi connectivity index (χ1n) is 3.57. The summed E-state index contributed by atoms with van der Waals surface area (Å²) in [5.41, 5.74) is 0.949. The van der Waals surface area contributed by atoms with E-state index in [2.05, 4.69) is 15.9 Å². The van der Waals surface area contributed by atoms with E-state index in [1.165, 1.54) is 6.07 Å². The molecule has 0 spiro atoms. The first-order chi connectivity index (χ1) is 6.15. The molecular weight excluding hydrogens is 254 g/mol. The van der Waals surface area contributed by atoms with Gasteiger partial charge >= 0.3 is 0 Å². The van der Waals surface area contributed by atoms with E-state index in [0.29, 0.717) is 5.75 Å². The molecule has 0 atom stereocenters. The number of halogens is 1. The lowest BCUT2D eigenvalue weighted by molar-refractivity contribution is -0.385. The van der Waals surface area contributed by atoms with Crippen LogP contribution in [-0.4, -0.2) is 11.2 Å². The molecule has 5 heteroatoms. The van der Waals surface area contributed by atoms with Gasteiger partial charge in [-0.1, -0.05) is 22.0 Å². The smallest absolute Gasteiger partial charge is 0.258 e. The average Bonchev–Trinajstić information content (AvgIpc) is 2.08. The first kappa shape index (κ1) is 10.5. The van der Waals surface area contributed by atoms with Gasteiger partial charge < -0.3 is 0 Å². The Hall–Kier alpha value is -0.550. The standard InChI is InChI=1S/C8H8BrNO2S/c1-13-5-6-2-3-7(9)4-8(6)10(11)12/h2-4H,5H2,1H3. The van der Waals surface area contributed by atoms with Crippen molar-refractivity contribution in [3.8, 4) is 0 Å². The van der Waals surface area contributed by atoms with Crippen LogP contribution in [0.3, 0.4) is 0 Å². The second-order valence-corrected chi connectivity index (χ2v) is 4.24. The Morgan fingerprint density at radius 3 is 2.85 bits per heavy atom. The predicted octanol–water partition coefficient (Wildman–Crippen LogP) is 3.22. The van der Waals surface area contributed by atoms with Gasteiger partial charge in [0.15, 0.2) is 0 Å². The fraction of sp³-hybridized carbons (Fsp3) is 0.250. The SMILES string of the molecule is CSCc1ccc(Br)cc1[N+](=O)[O-]. The summed E-state index contributed by atoms with van der Waals surface area (Å²) in [5, 5.41) is 10.6. The lowest BCUT2D eigenvalue weighted by atomic mass is 10.2. The Morgan fingerprint density at radius 1 is 1.62 bits per heavy atom. The maximum absolute atomic E-state index is 10.6. The Bertz CT molecular complexity index is 330. The topological polar surface area (TPSA) is 43.1 Å². The molecule has 0 aliphatic heterocycles. The summed E-state index contributed by atoms with van der Waals surface area (Å²) < 4.78 is 0.740. The zero-order valence-corrected chi connectivity index (χ0v) is 9.39. The summed E-state index contributed by atoms with van der Waals surface area (Å²) in [6, 6.07) is 5.13. The number of hydrogen-bond acceptors (Lipinski definition) is 3. The predicted molar refractivity (Wildman–Crippen MR) is 58.0 cm³/mol. The molecule has 70 valence electrons. The summed E-state index contributed by atoms with van der Waals surface area (Å²) in [6.45, 7) is 0. The molecule has 3 nitrogen and oxygen atoms in total. The van der Waals surface area contributed by atoms with Gasteiger partial charge in [-0.05, 0) is 12.3 Å². The van der Waals surface area contributed by atoms with Crippen LogP contribution in [0.5, 0.6) is 0 Å². The fourth-order valence-corrected chi connectivity index (χ4v) is 1.89. The molecule has 0 aliphatic rings. The van der Waals surface area contributed by atoms with Gasteiger partial charge in [0.2, 0.25) is 0 Å². The fourth-order valence-electron chi connectivity index (χ4n) is 0.985. The van der Waals surface area contributed by atoms with Crippen molar-refractivity contribution >= 4 is 33.4 Å². The number of hydrogen-bond donors (Lipinski definition) is 0. The normalized spacial score (nSPS) is 10.0. The van der Waals surface area contributed by atoms with Crippen LogP contribution in [-0.2, 0) is 5.75 Å². The van der Waals surface area contributed by atoms with Crippen LogP contribution in [0, 0.1) is 10.1 Å². The molecule has 0 aromatic heterocycles. The van der Waals surface area contributed by atoms with Crippen molar-refractivity contribution in [3.05, 3.63) is 38.3 Å². The third-order valence-electron chi connectivity index (χ3n) is 1.54. The third-order valence-corrected chi connectivity index (χ3v) is 2.64. The molecule has 0 bridgehead atoms. The highest BCUT2D eigenvalue weighted by Crippen LogP contribution is 2.25. The number of benzene rings is 1. The quantitative estimate of drug-likeness (QED) is 0.620. The van der Waals surface area contributed by atoms with E-state index in [0.717, 1.165) is 10.0 Å². The van der Waals surface area contributed by atoms with Crippen molar-refractivity contribution in [1.29, 1.82) is 0 Å². The van der Waals surface area contributed by atoms with Crippen LogP contribution in [0.15, 0.2) is 22.7 Å². The summed E-state index contributed by atoms with van der Waals surface area (Å²) in [5.74, 6) is 0.670. The zero-order valence-electron chi connectivity index (χ0n) is 6.99. The molecule has 0 aliphatic carbocycles. The minimum atomic E-state index is -0.351. The van der Waals surface area contributed by atoms with Crippen LogP contribution >= 0.6 is 27.7 Å². The summed E-state index contributed by atoms with van der Waals surface area (Å²) in [4.78, 5) is 10.3. The Labute approximate surface area is 88.8 Å². The Morgan fingerprint density at radius 2 is 2.31 bits per heavy atom. The number of nitro benzene ring substituents is 1. The van der Waals surface area contributed by atoms with Crippen molar-refractivity contribution in [2.75, 3.05) is 6.26 Å². The van der Waals surface area contributed by atoms with E-state index >= 15 is 0 Å². The second-order valence-electron chi connectivity index (χ2n) is 2.46.